The van der Waals surface area contributed by atoms with Crippen molar-refractivity contribution in [3.8, 4) is 0 Å². The second-order valence-electron chi connectivity index (χ2n) is 6.67. The van der Waals surface area contributed by atoms with Crippen molar-refractivity contribution in [1.82, 2.24) is 10.6 Å². The van der Waals surface area contributed by atoms with Crippen LogP contribution in [0.15, 0.2) is 24.3 Å². The number of aliphatic hydroxyl groups is 1. The van der Waals surface area contributed by atoms with Gasteiger partial charge < -0.3 is 15.7 Å². The van der Waals surface area contributed by atoms with Crippen molar-refractivity contribution in [3.05, 3.63) is 35.6 Å². The van der Waals surface area contributed by atoms with Crippen LogP contribution >= 0.6 is 0 Å². The lowest BCUT2D eigenvalue weighted by Gasteiger charge is -2.23. The van der Waals surface area contributed by atoms with Gasteiger partial charge in [-0.3, -0.25) is 0 Å². The number of rotatable bonds is 7. The van der Waals surface area contributed by atoms with Crippen molar-refractivity contribution in [1.29, 1.82) is 0 Å². The summed E-state index contributed by atoms with van der Waals surface area (Å²) in [6, 6.07) is 6.13. The number of amides is 2. The van der Waals surface area contributed by atoms with Crippen LogP contribution in [0.5, 0.6) is 0 Å². The highest BCUT2D eigenvalue weighted by Gasteiger charge is 2.42. The Bertz CT molecular complexity index is 498. The Morgan fingerprint density at radius 2 is 1.95 bits per heavy atom. The average Bonchev–Trinajstić information content (AvgIpc) is 3.27. The number of hydrogen-bond donors (Lipinski definition) is 3. The fraction of sp³-hybridized carbons (Fsp3) is 0.588. The van der Waals surface area contributed by atoms with Crippen LogP contribution in [0.4, 0.5) is 9.18 Å². The van der Waals surface area contributed by atoms with E-state index in [2.05, 4.69) is 10.6 Å². The zero-order valence-corrected chi connectivity index (χ0v) is 13.2. The van der Waals surface area contributed by atoms with Crippen molar-refractivity contribution >= 4 is 6.03 Å². The first kappa shape index (κ1) is 16.7. The van der Waals surface area contributed by atoms with E-state index >= 15 is 0 Å². The van der Waals surface area contributed by atoms with Crippen molar-refractivity contribution in [3.63, 3.8) is 0 Å². The summed E-state index contributed by atoms with van der Waals surface area (Å²) in [6.07, 6.45) is 2.59. The first-order chi connectivity index (χ1) is 10.4. The van der Waals surface area contributed by atoms with Crippen molar-refractivity contribution in [2.45, 2.75) is 39.2 Å². The Labute approximate surface area is 131 Å². The maximum Gasteiger partial charge on any atom is 0.315 e. The molecule has 4 nitrogen and oxygen atoms in total. The van der Waals surface area contributed by atoms with Crippen molar-refractivity contribution in [2.75, 3.05) is 13.2 Å². The Morgan fingerprint density at radius 3 is 2.45 bits per heavy atom. The van der Waals surface area contributed by atoms with Gasteiger partial charge >= 0.3 is 6.03 Å². The standard InChI is InChI=1S/C17H25FN2O2/c1-12(2)15(9-13-3-5-14(18)6-4-13)20-16(22)19-10-17(11-21)7-8-17/h3-6,12,15,21H,7-11H2,1-2H3,(H2,19,20,22). The molecule has 1 aromatic carbocycles. The summed E-state index contributed by atoms with van der Waals surface area (Å²) in [5.74, 6) is 0.0119. The van der Waals surface area contributed by atoms with Gasteiger partial charge in [-0.05, 0) is 42.9 Å². The second-order valence-corrected chi connectivity index (χ2v) is 6.67. The van der Waals surface area contributed by atoms with Gasteiger partial charge in [-0.25, -0.2) is 9.18 Å². The smallest absolute Gasteiger partial charge is 0.315 e. The molecule has 0 bridgehead atoms. The third-order valence-electron chi connectivity index (χ3n) is 4.41. The molecule has 1 atom stereocenters. The third kappa shape index (κ3) is 4.70. The van der Waals surface area contributed by atoms with E-state index in [4.69, 9.17) is 0 Å². The minimum absolute atomic E-state index is 0.0188. The first-order valence-corrected chi connectivity index (χ1v) is 7.84. The molecule has 0 spiro atoms. The summed E-state index contributed by atoms with van der Waals surface area (Å²) >= 11 is 0. The van der Waals surface area contributed by atoms with Gasteiger partial charge in [0, 0.05) is 18.0 Å². The predicted octanol–water partition coefficient (Wildman–Crippen LogP) is 2.46. The van der Waals surface area contributed by atoms with E-state index in [1.165, 1.54) is 12.1 Å². The van der Waals surface area contributed by atoms with Crippen molar-refractivity contribution in [2.24, 2.45) is 11.3 Å². The van der Waals surface area contributed by atoms with E-state index in [-0.39, 0.29) is 35.8 Å². The van der Waals surface area contributed by atoms with Gasteiger partial charge in [0.25, 0.3) is 0 Å². The van der Waals surface area contributed by atoms with E-state index in [0.29, 0.717) is 13.0 Å². The van der Waals surface area contributed by atoms with E-state index < -0.39 is 0 Å². The van der Waals surface area contributed by atoms with Crippen LogP contribution in [0.1, 0.15) is 32.3 Å². The largest absolute Gasteiger partial charge is 0.396 e. The van der Waals surface area contributed by atoms with Crippen LogP contribution in [0, 0.1) is 17.2 Å². The number of carbonyl (C=O) groups excluding carboxylic acids is 1. The van der Waals surface area contributed by atoms with Gasteiger partial charge in [-0.15, -0.1) is 0 Å². The predicted molar refractivity (Wildman–Crippen MR) is 84.0 cm³/mol. The summed E-state index contributed by atoms with van der Waals surface area (Å²) in [6.45, 7) is 4.72. The Balaban J connectivity index is 1.85. The fourth-order valence-electron chi connectivity index (χ4n) is 2.38. The van der Waals surface area contributed by atoms with Gasteiger partial charge in [-0.2, -0.15) is 0 Å². The van der Waals surface area contributed by atoms with Crippen LogP contribution in [-0.4, -0.2) is 30.3 Å². The molecule has 1 unspecified atom stereocenters. The lowest BCUT2D eigenvalue weighted by molar-refractivity contribution is 0.201. The Hall–Kier alpha value is -1.62. The molecular formula is C17H25FN2O2. The molecule has 2 rings (SSSR count). The number of benzene rings is 1. The van der Waals surface area contributed by atoms with Gasteiger partial charge in [0.2, 0.25) is 0 Å². The lowest BCUT2D eigenvalue weighted by atomic mass is 9.96. The highest BCUT2D eigenvalue weighted by atomic mass is 19.1. The maximum absolute atomic E-state index is 12.9. The average molecular weight is 308 g/mol. The van der Waals surface area contributed by atoms with Gasteiger partial charge in [0.1, 0.15) is 5.82 Å². The molecule has 22 heavy (non-hydrogen) atoms. The van der Waals surface area contributed by atoms with E-state index in [1.54, 1.807) is 12.1 Å². The molecule has 0 heterocycles. The Morgan fingerprint density at radius 1 is 1.32 bits per heavy atom. The van der Waals surface area contributed by atoms with Crippen LogP contribution < -0.4 is 10.6 Å². The molecule has 0 aromatic heterocycles. The van der Waals surface area contributed by atoms with Crippen molar-refractivity contribution < 1.29 is 14.3 Å². The third-order valence-corrected chi connectivity index (χ3v) is 4.41. The molecule has 1 aromatic rings. The molecule has 5 heteroatoms. The van der Waals surface area contributed by atoms with Crippen LogP contribution in [0.25, 0.3) is 0 Å². The molecule has 1 aliphatic rings. The summed E-state index contributed by atoms with van der Waals surface area (Å²) < 4.78 is 12.9. The summed E-state index contributed by atoms with van der Waals surface area (Å²) in [5, 5.41) is 15.1. The normalized spacial score (nSPS) is 17.1. The molecule has 0 aliphatic heterocycles. The summed E-state index contributed by atoms with van der Waals surface area (Å²) in [7, 11) is 0. The lowest BCUT2D eigenvalue weighted by Crippen LogP contribution is -2.47. The maximum atomic E-state index is 12.9. The minimum atomic E-state index is -0.255. The van der Waals surface area contributed by atoms with Gasteiger partial charge in [0.15, 0.2) is 0 Å². The number of aliphatic hydroxyl groups excluding tert-OH is 1. The van der Waals surface area contributed by atoms with Crippen LogP contribution in [0.3, 0.4) is 0 Å². The van der Waals surface area contributed by atoms with Gasteiger partial charge in [-0.1, -0.05) is 26.0 Å². The molecule has 2 amide bonds. The number of carbonyl (C=O) groups is 1. The quantitative estimate of drug-likeness (QED) is 0.724. The number of urea groups is 1. The molecule has 122 valence electrons. The molecule has 1 saturated carbocycles. The molecule has 1 aliphatic carbocycles. The van der Waals surface area contributed by atoms with Crippen LogP contribution in [0.2, 0.25) is 0 Å². The zero-order valence-electron chi connectivity index (χ0n) is 13.2. The Kier molecular flexibility index (Phi) is 5.40. The second kappa shape index (κ2) is 7.09. The highest BCUT2D eigenvalue weighted by Crippen LogP contribution is 2.44. The summed E-state index contributed by atoms with van der Waals surface area (Å²) in [4.78, 5) is 12.0. The number of halogens is 1. The number of hydrogen-bond acceptors (Lipinski definition) is 2. The molecule has 0 radical (unpaired) electrons. The van der Waals surface area contributed by atoms with E-state index in [9.17, 15) is 14.3 Å². The fourth-order valence-corrected chi connectivity index (χ4v) is 2.38. The topological polar surface area (TPSA) is 61.4 Å². The van der Waals surface area contributed by atoms with E-state index in [0.717, 1.165) is 18.4 Å². The first-order valence-electron chi connectivity index (χ1n) is 7.84. The highest BCUT2D eigenvalue weighted by molar-refractivity contribution is 5.74. The SMILES string of the molecule is CC(C)C(Cc1ccc(F)cc1)NC(=O)NCC1(CO)CC1. The zero-order chi connectivity index (χ0) is 16.2. The molecule has 3 N–H and O–H groups in total. The number of nitrogens with one attached hydrogen (secondary N) is 2. The minimum Gasteiger partial charge on any atom is -0.396 e. The molecule has 1 fully saturated rings. The van der Waals surface area contributed by atoms with Gasteiger partial charge in [0.05, 0.1) is 6.61 Å². The molecular weight excluding hydrogens is 283 g/mol. The van der Waals surface area contributed by atoms with E-state index in [1.807, 2.05) is 13.8 Å². The summed E-state index contributed by atoms with van der Waals surface area (Å²) in [5.41, 5.74) is 0.899. The van der Waals surface area contributed by atoms with Crippen LogP contribution in [-0.2, 0) is 6.42 Å². The monoisotopic (exact) mass is 308 g/mol. The molecule has 0 saturated heterocycles.